The number of nitrogens with two attached hydrogens (primary N) is 1. The van der Waals surface area contributed by atoms with Crippen LogP contribution in [0.2, 0.25) is 0 Å². The zero-order valence-corrected chi connectivity index (χ0v) is 10.1. The van der Waals surface area contributed by atoms with Crippen LogP contribution in [0.3, 0.4) is 0 Å². The van der Waals surface area contributed by atoms with Gasteiger partial charge in [0.15, 0.2) is 0 Å². The van der Waals surface area contributed by atoms with E-state index in [0.29, 0.717) is 11.3 Å². The van der Waals surface area contributed by atoms with Gasteiger partial charge in [-0.05, 0) is 37.0 Å². The second kappa shape index (κ2) is 5.27. The number of thioether (sulfide) groups is 1. The second-order valence-corrected chi connectivity index (χ2v) is 5.39. The molecule has 3 heteroatoms. The largest absolute Gasteiger partial charge is 0.399 e. The van der Waals surface area contributed by atoms with Gasteiger partial charge >= 0.3 is 0 Å². The number of nitrogen functional groups attached to an aromatic ring is 1. The van der Waals surface area contributed by atoms with Crippen LogP contribution in [0.1, 0.15) is 31.2 Å². The maximum Gasteiger partial charge on any atom is 0.100 e. The average Bonchev–Trinajstić information content (AvgIpc) is 2.80. The Kier molecular flexibility index (Phi) is 3.74. The molecule has 0 radical (unpaired) electrons. The lowest BCUT2D eigenvalue weighted by atomic mass is 10.1. The van der Waals surface area contributed by atoms with Crippen LogP contribution >= 0.6 is 11.8 Å². The number of nitriles is 1. The van der Waals surface area contributed by atoms with Crippen LogP contribution in [0, 0.1) is 17.2 Å². The fraction of sp³-hybridized carbons (Fsp3) is 0.462. The number of hydrogen-bond acceptors (Lipinski definition) is 3. The molecule has 0 heterocycles. The molecule has 0 aliphatic heterocycles. The summed E-state index contributed by atoms with van der Waals surface area (Å²) in [5.74, 6) is 1.98. The molecular weight excluding hydrogens is 216 g/mol. The lowest BCUT2D eigenvalue weighted by Gasteiger charge is -2.09. The van der Waals surface area contributed by atoms with Gasteiger partial charge in [-0.25, -0.2) is 0 Å². The topological polar surface area (TPSA) is 49.8 Å². The molecule has 2 rings (SSSR count). The highest BCUT2D eigenvalue weighted by atomic mass is 32.2. The molecule has 1 fully saturated rings. The van der Waals surface area contributed by atoms with Crippen LogP contribution in [-0.2, 0) is 0 Å². The summed E-state index contributed by atoms with van der Waals surface area (Å²) in [6.07, 6.45) is 5.45. The van der Waals surface area contributed by atoms with E-state index < -0.39 is 0 Å². The van der Waals surface area contributed by atoms with E-state index in [1.807, 2.05) is 12.1 Å². The lowest BCUT2D eigenvalue weighted by molar-refractivity contribution is 0.623. The molecule has 0 amide bonds. The van der Waals surface area contributed by atoms with Gasteiger partial charge in [0, 0.05) is 16.3 Å². The van der Waals surface area contributed by atoms with Crippen molar-refractivity contribution < 1.29 is 0 Å². The average molecular weight is 232 g/mol. The lowest BCUT2D eigenvalue weighted by Crippen LogP contribution is -1.97. The van der Waals surface area contributed by atoms with E-state index >= 15 is 0 Å². The quantitative estimate of drug-likeness (QED) is 0.641. The molecule has 1 aliphatic rings. The van der Waals surface area contributed by atoms with Crippen LogP contribution in [0.15, 0.2) is 23.1 Å². The summed E-state index contributed by atoms with van der Waals surface area (Å²) in [6, 6.07) is 7.81. The molecule has 0 spiro atoms. The first-order valence-electron chi connectivity index (χ1n) is 5.72. The van der Waals surface area contributed by atoms with Crippen LogP contribution in [-0.4, -0.2) is 5.75 Å². The summed E-state index contributed by atoms with van der Waals surface area (Å²) < 4.78 is 0. The standard InChI is InChI=1S/C13H16N2S/c14-8-11-7-12(15)5-6-13(11)16-9-10-3-1-2-4-10/h5-7,10H,1-4,9,15H2. The van der Waals surface area contributed by atoms with E-state index in [1.165, 1.54) is 25.7 Å². The molecule has 16 heavy (non-hydrogen) atoms. The van der Waals surface area contributed by atoms with Gasteiger partial charge in [-0.1, -0.05) is 12.8 Å². The Morgan fingerprint density at radius 2 is 2.12 bits per heavy atom. The normalized spacial score (nSPS) is 16.2. The highest BCUT2D eigenvalue weighted by molar-refractivity contribution is 7.99. The Balaban J connectivity index is 2.00. The predicted molar refractivity (Wildman–Crippen MR) is 68.3 cm³/mol. The molecule has 0 atom stereocenters. The minimum atomic E-state index is 0.668. The summed E-state index contributed by atoms with van der Waals surface area (Å²) in [6.45, 7) is 0. The number of benzene rings is 1. The molecule has 0 aromatic heterocycles. The van der Waals surface area contributed by atoms with E-state index in [1.54, 1.807) is 17.8 Å². The summed E-state index contributed by atoms with van der Waals surface area (Å²) in [5, 5.41) is 9.02. The number of anilines is 1. The maximum absolute atomic E-state index is 9.02. The van der Waals surface area contributed by atoms with E-state index in [0.717, 1.165) is 16.6 Å². The first-order valence-corrected chi connectivity index (χ1v) is 6.70. The second-order valence-electron chi connectivity index (χ2n) is 4.33. The monoisotopic (exact) mass is 232 g/mol. The first kappa shape index (κ1) is 11.3. The van der Waals surface area contributed by atoms with E-state index in [9.17, 15) is 0 Å². The van der Waals surface area contributed by atoms with Crippen LogP contribution < -0.4 is 5.73 Å². The maximum atomic E-state index is 9.02. The van der Waals surface area contributed by atoms with Gasteiger partial charge in [-0.3, -0.25) is 0 Å². The van der Waals surface area contributed by atoms with Gasteiger partial charge in [-0.15, -0.1) is 11.8 Å². The molecule has 2 nitrogen and oxygen atoms in total. The molecule has 84 valence electrons. The zero-order chi connectivity index (χ0) is 11.4. The fourth-order valence-electron chi connectivity index (χ4n) is 2.15. The molecule has 1 saturated carbocycles. The summed E-state index contributed by atoms with van der Waals surface area (Å²) in [4.78, 5) is 1.07. The Bertz CT molecular complexity index is 403. The van der Waals surface area contributed by atoms with Gasteiger partial charge in [0.05, 0.1) is 5.56 Å². The molecule has 0 saturated heterocycles. The summed E-state index contributed by atoms with van der Waals surface area (Å²) >= 11 is 1.80. The minimum absolute atomic E-state index is 0.668. The third-order valence-corrected chi connectivity index (χ3v) is 4.38. The van der Waals surface area contributed by atoms with Crippen molar-refractivity contribution >= 4 is 17.4 Å². The summed E-state index contributed by atoms with van der Waals surface area (Å²) in [5.41, 5.74) is 7.04. The Labute approximate surface area is 101 Å². The minimum Gasteiger partial charge on any atom is -0.399 e. The summed E-state index contributed by atoms with van der Waals surface area (Å²) in [7, 11) is 0. The molecule has 0 bridgehead atoms. The van der Waals surface area contributed by atoms with Gasteiger partial charge in [0.25, 0.3) is 0 Å². The van der Waals surface area contributed by atoms with Crippen LogP contribution in [0.25, 0.3) is 0 Å². The molecule has 1 aromatic rings. The Morgan fingerprint density at radius 3 is 2.81 bits per heavy atom. The molecule has 1 aliphatic carbocycles. The van der Waals surface area contributed by atoms with Gasteiger partial charge in [-0.2, -0.15) is 5.26 Å². The van der Waals surface area contributed by atoms with E-state index in [2.05, 4.69) is 6.07 Å². The first-order chi connectivity index (χ1) is 7.79. The molecule has 1 aromatic carbocycles. The highest BCUT2D eigenvalue weighted by Gasteiger charge is 2.15. The third-order valence-electron chi connectivity index (χ3n) is 3.07. The van der Waals surface area contributed by atoms with Crippen molar-refractivity contribution in [2.75, 3.05) is 11.5 Å². The SMILES string of the molecule is N#Cc1cc(N)ccc1SCC1CCCC1. The van der Waals surface area contributed by atoms with Crippen molar-refractivity contribution in [3.63, 3.8) is 0 Å². The molecular formula is C13H16N2S. The van der Waals surface area contributed by atoms with Gasteiger partial charge < -0.3 is 5.73 Å². The number of nitrogens with zero attached hydrogens (tertiary/aromatic N) is 1. The number of hydrogen-bond donors (Lipinski definition) is 1. The smallest absolute Gasteiger partial charge is 0.100 e. The molecule has 0 unspecified atom stereocenters. The zero-order valence-electron chi connectivity index (χ0n) is 9.28. The predicted octanol–water partition coefficient (Wildman–Crippen LogP) is 3.42. The van der Waals surface area contributed by atoms with Crippen molar-refractivity contribution in [1.29, 1.82) is 5.26 Å². The van der Waals surface area contributed by atoms with Crippen molar-refractivity contribution in [2.24, 2.45) is 5.92 Å². The number of rotatable bonds is 3. The van der Waals surface area contributed by atoms with Crippen molar-refractivity contribution in [2.45, 2.75) is 30.6 Å². The Hall–Kier alpha value is -1.14. The Morgan fingerprint density at radius 1 is 1.38 bits per heavy atom. The van der Waals surface area contributed by atoms with Crippen LogP contribution in [0.5, 0.6) is 0 Å². The van der Waals surface area contributed by atoms with Crippen molar-refractivity contribution in [1.82, 2.24) is 0 Å². The van der Waals surface area contributed by atoms with Crippen molar-refractivity contribution in [3.05, 3.63) is 23.8 Å². The molecule has 2 N–H and O–H groups in total. The van der Waals surface area contributed by atoms with Gasteiger partial charge in [0.2, 0.25) is 0 Å². The van der Waals surface area contributed by atoms with Crippen LogP contribution in [0.4, 0.5) is 5.69 Å². The fourth-order valence-corrected chi connectivity index (χ4v) is 3.32. The highest BCUT2D eigenvalue weighted by Crippen LogP contribution is 2.32. The van der Waals surface area contributed by atoms with E-state index in [-0.39, 0.29) is 0 Å². The van der Waals surface area contributed by atoms with Crippen molar-refractivity contribution in [3.8, 4) is 6.07 Å². The third kappa shape index (κ3) is 2.70. The van der Waals surface area contributed by atoms with E-state index in [4.69, 9.17) is 11.0 Å². The van der Waals surface area contributed by atoms with Gasteiger partial charge in [0.1, 0.15) is 6.07 Å².